The van der Waals surface area contributed by atoms with Crippen LogP contribution in [0, 0.1) is 6.92 Å². The number of carboxylic acid groups (broad SMARTS) is 1. The van der Waals surface area contributed by atoms with E-state index in [4.69, 9.17) is 5.11 Å². The Kier molecular flexibility index (Phi) is 6.85. The van der Waals surface area contributed by atoms with Gasteiger partial charge < -0.3 is 20.3 Å². The molecule has 180 valence electrons. The fourth-order valence-corrected chi connectivity index (χ4v) is 3.74. The van der Waals surface area contributed by atoms with Gasteiger partial charge in [0.1, 0.15) is 11.5 Å². The zero-order valence-corrected chi connectivity index (χ0v) is 18.1. The van der Waals surface area contributed by atoms with Crippen molar-refractivity contribution in [2.75, 3.05) is 6.54 Å². The molecule has 1 unspecified atom stereocenters. The standard InChI is InChI=1S/C23H21F3N2O6/c1-12(21(32)27-10-9-19(30)31)20-13(2)28(18-8-5-15(29)11-17(18)20)22(33)14-3-6-16(7-4-14)34-23(24,25)26/h3-8,11-12,29H,9-10H2,1-2H3,(H,27,32)(H,30,31). The van der Waals surface area contributed by atoms with Crippen molar-refractivity contribution in [1.29, 1.82) is 0 Å². The molecule has 8 nitrogen and oxygen atoms in total. The third-order valence-electron chi connectivity index (χ3n) is 5.24. The maximum Gasteiger partial charge on any atom is 0.573 e. The summed E-state index contributed by atoms with van der Waals surface area (Å²) in [7, 11) is 0. The number of aromatic hydroxyl groups is 1. The Morgan fingerprint density at radius 1 is 1.12 bits per heavy atom. The molecular weight excluding hydrogens is 457 g/mol. The maximum absolute atomic E-state index is 13.3. The Morgan fingerprint density at radius 2 is 1.76 bits per heavy atom. The monoisotopic (exact) mass is 478 g/mol. The predicted molar refractivity (Wildman–Crippen MR) is 115 cm³/mol. The molecular formula is C23H21F3N2O6. The molecule has 0 radical (unpaired) electrons. The van der Waals surface area contributed by atoms with Crippen LogP contribution in [-0.2, 0) is 9.59 Å². The molecule has 0 spiro atoms. The summed E-state index contributed by atoms with van der Waals surface area (Å²) in [5.74, 6) is -3.46. The zero-order valence-electron chi connectivity index (χ0n) is 18.1. The van der Waals surface area contributed by atoms with Crippen LogP contribution in [0.5, 0.6) is 11.5 Å². The number of carbonyl (C=O) groups is 3. The molecule has 0 bridgehead atoms. The molecule has 1 atom stereocenters. The van der Waals surface area contributed by atoms with Gasteiger partial charge in [-0.15, -0.1) is 13.2 Å². The average Bonchev–Trinajstić information content (AvgIpc) is 3.02. The molecule has 0 aliphatic carbocycles. The summed E-state index contributed by atoms with van der Waals surface area (Å²) in [6, 6.07) is 8.69. The van der Waals surface area contributed by atoms with Crippen LogP contribution in [0.1, 0.15) is 40.9 Å². The number of phenols is 1. The molecule has 0 fully saturated rings. The van der Waals surface area contributed by atoms with Gasteiger partial charge in [-0.3, -0.25) is 19.0 Å². The van der Waals surface area contributed by atoms with E-state index >= 15 is 0 Å². The first kappa shape index (κ1) is 24.6. The van der Waals surface area contributed by atoms with E-state index in [1.54, 1.807) is 13.8 Å². The number of fused-ring (bicyclic) bond motifs is 1. The fraction of sp³-hybridized carbons (Fsp3) is 0.261. The van der Waals surface area contributed by atoms with Crippen LogP contribution in [0.15, 0.2) is 42.5 Å². The number of amides is 1. The molecule has 0 aliphatic rings. The number of carbonyl (C=O) groups excluding carboxylic acids is 2. The van der Waals surface area contributed by atoms with Gasteiger partial charge in [-0.1, -0.05) is 0 Å². The van der Waals surface area contributed by atoms with E-state index in [2.05, 4.69) is 10.1 Å². The Balaban J connectivity index is 2.00. The molecule has 3 rings (SSSR count). The number of aromatic nitrogens is 1. The summed E-state index contributed by atoms with van der Waals surface area (Å²) < 4.78 is 42.4. The van der Waals surface area contributed by atoms with E-state index in [1.807, 2.05) is 0 Å². The van der Waals surface area contributed by atoms with Gasteiger partial charge in [-0.2, -0.15) is 0 Å². The summed E-state index contributed by atoms with van der Waals surface area (Å²) >= 11 is 0. The Hall–Kier alpha value is -4.02. The number of rotatable bonds is 7. The molecule has 0 aliphatic heterocycles. The van der Waals surface area contributed by atoms with Crippen LogP contribution >= 0.6 is 0 Å². The van der Waals surface area contributed by atoms with Gasteiger partial charge in [0, 0.05) is 23.2 Å². The van der Waals surface area contributed by atoms with Crippen molar-refractivity contribution in [3.05, 3.63) is 59.3 Å². The van der Waals surface area contributed by atoms with Gasteiger partial charge in [-0.25, -0.2) is 0 Å². The van der Waals surface area contributed by atoms with Crippen LogP contribution in [0.3, 0.4) is 0 Å². The number of aliphatic carboxylic acids is 1. The van der Waals surface area contributed by atoms with Crippen molar-refractivity contribution in [1.82, 2.24) is 9.88 Å². The van der Waals surface area contributed by atoms with Crippen molar-refractivity contribution in [2.45, 2.75) is 32.5 Å². The van der Waals surface area contributed by atoms with Gasteiger partial charge in [0.2, 0.25) is 5.91 Å². The molecule has 1 aromatic heterocycles. The lowest BCUT2D eigenvalue weighted by atomic mass is 9.97. The van der Waals surface area contributed by atoms with Crippen molar-refractivity contribution in [3.63, 3.8) is 0 Å². The van der Waals surface area contributed by atoms with E-state index in [0.29, 0.717) is 22.2 Å². The molecule has 1 heterocycles. The quantitative estimate of drug-likeness (QED) is 0.474. The van der Waals surface area contributed by atoms with Crippen molar-refractivity contribution < 1.29 is 42.5 Å². The van der Waals surface area contributed by atoms with Gasteiger partial charge in [-0.05, 0) is 61.9 Å². The van der Waals surface area contributed by atoms with Gasteiger partial charge in [0.15, 0.2) is 0 Å². The number of ether oxygens (including phenoxy) is 1. The number of hydrogen-bond donors (Lipinski definition) is 3. The number of carboxylic acids is 1. The van der Waals surface area contributed by atoms with Crippen LogP contribution < -0.4 is 10.1 Å². The molecule has 3 N–H and O–H groups in total. The topological polar surface area (TPSA) is 118 Å². The first-order chi connectivity index (χ1) is 15.9. The third-order valence-corrected chi connectivity index (χ3v) is 5.24. The molecule has 3 aromatic rings. The Morgan fingerprint density at radius 3 is 2.35 bits per heavy atom. The number of phenolic OH excluding ortho intramolecular Hbond substituents is 1. The summed E-state index contributed by atoms with van der Waals surface area (Å²) in [6.07, 6.45) is -5.12. The van der Waals surface area contributed by atoms with Crippen LogP contribution in [0.2, 0.25) is 0 Å². The van der Waals surface area contributed by atoms with Crippen LogP contribution in [-0.4, -0.2) is 45.5 Å². The minimum Gasteiger partial charge on any atom is -0.508 e. The summed E-state index contributed by atoms with van der Waals surface area (Å²) in [5.41, 5.74) is 1.30. The second kappa shape index (κ2) is 9.46. The Labute approximate surface area is 191 Å². The molecule has 0 saturated heterocycles. The molecule has 0 saturated carbocycles. The van der Waals surface area contributed by atoms with Crippen molar-refractivity contribution in [3.8, 4) is 11.5 Å². The van der Waals surface area contributed by atoms with Crippen LogP contribution in [0.25, 0.3) is 10.9 Å². The predicted octanol–water partition coefficient (Wildman–Crippen LogP) is 3.94. The Bertz CT molecular complexity index is 1250. The third kappa shape index (κ3) is 5.30. The number of benzene rings is 2. The summed E-state index contributed by atoms with van der Waals surface area (Å²) in [6.45, 7) is 3.11. The normalized spacial score (nSPS) is 12.4. The van der Waals surface area contributed by atoms with Gasteiger partial charge in [0.05, 0.1) is 17.9 Å². The fourth-order valence-electron chi connectivity index (χ4n) is 3.74. The number of nitrogens with one attached hydrogen (secondary N) is 1. The SMILES string of the molecule is Cc1c(C(C)C(=O)NCCC(=O)O)c2cc(O)ccc2n1C(=O)c1ccc(OC(F)(F)F)cc1. The highest BCUT2D eigenvalue weighted by molar-refractivity contribution is 6.05. The second-order valence-corrected chi connectivity index (χ2v) is 7.57. The molecule has 2 aromatic carbocycles. The minimum atomic E-state index is -4.86. The first-order valence-electron chi connectivity index (χ1n) is 10.1. The lowest BCUT2D eigenvalue weighted by Crippen LogP contribution is -2.30. The van der Waals surface area contributed by atoms with E-state index in [-0.39, 0.29) is 24.3 Å². The zero-order chi connectivity index (χ0) is 25.2. The largest absolute Gasteiger partial charge is 0.573 e. The van der Waals surface area contributed by atoms with Gasteiger partial charge in [0.25, 0.3) is 5.91 Å². The maximum atomic E-state index is 13.3. The summed E-state index contributed by atoms with van der Waals surface area (Å²) in [5, 5.41) is 21.7. The van der Waals surface area contributed by atoms with Gasteiger partial charge >= 0.3 is 12.3 Å². The van der Waals surface area contributed by atoms with Crippen LogP contribution in [0.4, 0.5) is 13.2 Å². The first-order valence-corrected chi connectivity index (χ1v) is 10.1. The average molecular weight is 478 g/mol. The molecule has 11 heteroatoms. The number of alkyl halides is 3. The molecule has 1 amide bonds. The van der Waals surface area contributed by atoms with E-state index in [0.717, 1.165) is 12.1 Å². The minimum absolute atomic E-state index is 0.0766. The summed E-state index contributed by atoms with van der Waals surface area (Å²) in [4.78, 5) is 36.6. The smallest absolute Gasteiger partial charge is 0.508 e. The lowest BCUT2D eigenvalue weighted by Gasteiger charge is -2.14. The van der Waals surface area contributed by atoms with E-state index in [1.165, 1.54) is 34.9 Å². The van der Waals surface area contributed by atoms with Crippen molar-refractivity contribution >= 4 is 28.7 Å². The highest BCUT2D eigenvalue weighted by atomic mass is 19.4. The highest BCUT2D eigenvalue weighted by Gasteiger charge is 2.31. The second-order valence-electron chi connectivity index (χ2n) is 7.57. The van der Waals surface area contributed by atoms with E-state index < -0.39 is 35.8 Å². The number of halogens is 3. The van der Waals surface area contributed by atoms with E-state index in [9.17, 15) is 32.7 Å². The molecule has 34 heavy (non-hydrogen) atoms. The highest BCUT2D eigenvalue weighted by Crippen LogP contribution is 2.35. The lowest BCUT2D eigenvalue weighted by molar-refractivity contribution is -0.274. The van der Waals surface area contributed by atoms with Crippen molar-refractivity contribution in [2.24, 2.45) is 0 Å². The number of nitrogens with zero attached hydrogens (tertiary/aromatic N) is 1. The number of hydrogen-bond acceptors (Lipinski definition) is 5.